The third kappa shape index (κ3) is 1.43. The number of rotatable bonds is 3. The molecule has 16 heavy (non-hydrogen) atoms. The molecule has 4 bridgehead atoms. The Morgan fingerprint density at radius 1 is 1.12 bits per heavy atom. The lowest BCUT2D eigenvalue weighted by molar-refractivity contribution is -0.525. The van der Waals surface area contributed by atoms with Gasteiger partial charge in [0.05, 0.1) is 12.2 Å². The predicted molar refractivity (Wildman–Crippen MR) is 53.5 cm³/mol. The summed E-state index contributed by atoms with van der Waals surface area (Å²) in [4.78, 5) is 0. The molecular weight excluding hydrogens is 212 g/mol. The highest BCUT2D eigenvalue weighted by Crippen LogP contribution is 2.46. The van der Waals surface area contributed by atoms with E-state index in [4.69, 9.17) is 14.2 Å². The van der Waals surface area contributed by atoms with Gasteiger partial charge in [-0.1, -0.05) is 13.3 Å². The number of aliphatic hydroxyl groups excluding tert-OH is 2. The van der Waals surface area contributed by atoms with E-state index in [9.17, 15) is 10.2 Å². The maximum atomic E-state index is 9.87. The van der Waals surface area contributed by atoms with Gasteiger partial charge in [-0.15, -0.1) is 0 Å². The zero-order chi connectivity index (χ0) is 11.3. The maximum absolute atomic E-state index is 9.87. The van der Waals surface area contributed by atoms with Crippen LogP contribution in [0.3, 0.4) is 0 Å². The van der Waals surface area contributed by atoms with Crippen molar-refractivity contribution in [2.24, 2.45) is 0 Å². The Balaban J connectivity index is 1.81. The zero-order valence-electron chi connectivity index (χ0n) is 9.33. The van der Waals surface area contributed by atoms with Crippen LogP contribution in [0.5, 0.6) is 0 Å². The summed E-state index contributed by atoms with van der Waals surface area (Å²) < 4.78 is 16.9. The van der Waals surface area contributed by atoms with E-state index < -0.39 is 24.3 Å². The van der Waals surface area contributed by atoms with Gasteiger partial charge in [-0.2, -0.15) is 0 Å². The third-order valence-corrected chi connectivity index (χ3v) is 3.71. The molecule has 2 N–H and O–H groups in total. The van der Waals surface area contributed by atoms with E-state index in [-0.39, 0.29) is 12.2 Å². The second kappa shape index (κ2) is 3.65. The van der Waals surface area contributed by atoms with Crippen molar-refractivity contribution in [2.75, 3.05) is 0 Å². The lowest BCUT2D eigenvalue weighted by atomic mass is 9.84. The van der Waals surface area contributed by atoms with Gasteiger partial charge in [0, 0.05) is 12.8 Å². The Kier molecular flexibility index (Phi) is 2.49. The molecule has 0 amide bonds. The van der Waals surface area contributed by atoms with Gasteiger partial charge < -0.3 is 24.4 Å². The Morgan fingerprint density at radius 2 is 1.75 bits per heavy atom. The van der Waals surface area contributed by atoms with Crippen LogP contribution in [0.1, 0.15) is 32.6 Å². The standard InChI is InChI=1S/C11H18O5/c1-2-3-4-11-14-6-5-7(15-11)9(13)10(16-11)8(6)12/h6-10,12-13H,2-5H2,1H3/t6-,7+,8-,9-,10?,11?/m1/s1. The molecule has 0 aromatic rings. The largest absolute Gasteiger partial charge is 0.388 e. The van der Waals surface area contributed by atoms with Crippen LogP contribution in [0.2, 0.25) is 0 Å². The molecular formula is C11H18O5. The number of hydrogen-bond acceptors (Lipinski definition) is 5. The van der Waals surface area contributed by atoms with Crippen LogP contribution in [0.4, 0.5) is 0 Å². The van der Waals surface area contributed by atoms with Crippen molar-refractivity contribution in [1.29, 1.82) is 0 Å². The molecule has 0 aromatic heterocycles. The van der Waals surface area contributed by atoms with E-state index >= 15 is 0 Å². The normalized spacial score (nSPS) is 54.6. The van der Waals surface area contributed by atoms with Crippen molar-refractivity contribution in [3.63, 3.8) is 0 Å². The molecule has 4 fully saturated rings. The van der Waals surface area contributed by atoms with E-state index in [1.807, 2.05) is 0 Å². The highest BCUT2D eigenvalue weighted by atomic mass is 16.9. The molecule has 1 aliphatic carbocycles. The smallest absolute Gasteiger partial charge is 0.284 e. The monoisotopic (exact) mass is 230 g/mol. The topological polar surface area (TPSA) is 68.2 Å². The summed E-state index contributed by atoms with van der Waals surface area (Å²) in [5.74, 6) is -1.01. The van der Waals surface area contributed by atoms with Gasteiger partial charge in [-0.3, -0.25) is 0 Å². The number of hydrogen-bond donors (Lipinski definition) is 2. The Labute approximate surface area is 94.3 Å². The van der Waals surface area contributed by atoms with Crippen molar-refractivity contribution >= 4 is 0 Å². The van der Waals surface area contributed by atoms with Crippen molar-refractivity contribution in [2.45, 2.75) is 69.1 Å². The molecule has 92 valence electrons. The van der Waals surface area contributed by atoms with Crippen LogP contribution in [0, 0.1) is 0 Å². The average molecular weight is 230 g/mol. The summed E-state index contributed by atoms with van der Waals surface area (Å²) in [5.41, 5.74) is 0. The zero-order valence-corrected chi connectivity index (χ0v) is 9.33. The summed E-state index contributed by atoms with van der Waals surface area (Å²) in [6, 6.07) is 0. The molecule has 1 saturated carbocycles. The number of unbranched alkanes of at least 4 members (excludes halogenated alkanes) is 1. The lowest BCUT2D eigenvalue weighted by Crippen LogP contribution is -2.73. The Hall–Kier alpha value is -0.200. The summed E-state index contributed by atoms with van der Waals surface area (Å²) in [7, 11) is 0. The van der Waals surface area contributed by atoms with Gasteiger partial charge in [0.1, 0.15) is 18.3 Å². The molecule has 6 atom stereocenters. The molecule has 5 nitrogen and oxygen atoms in total. The Morgan fingerprint density at radius 3 is 2.31 bits per heavy atom. The molecule has 0 radical (unpaired) electrons. The summed E-state index contributed by atoms with van der Waals surface area (Å²) in [6.07, 6.45) is 0.664. The van der Waals surface area contributed by atoms with Crippen LogP contribution in [0.25, 0.3) is 0 Å². The summed E-state index contributed by atoms with van der Waals surface area (Å²) in [6.45, 7) is 2.09. The van der Waals surface area contributed by atoms with Gasteiger partial charge in [0.15, 0.2) is 0 Å². The van der Waals surface area contributed by atoms with Crippen molar-refractivity contribution in [3.8, 4) is 0 Å². The molecule has 3 heterocycles. The van der Waals surface area contributed by atoms with E-state index in [1.165, 1.54) is 0 Å². The Bertz CT molecular complexity index is 264. The second-order valence-corrected chi connectivity index (χ2v) is 4.90. The van der Waals surface area contributed by atoms with Gasteiger partial charge in [-0.25, -0.2) is 0 Å². The van der Waals surface area contributed by atoms with Gasteiger partial charge in [-0.05, 0) is 6.42 Å². The summed E-state index contributed by atoms with van der Waals surface area (Å²) >= 11 is 0. The first-order chi connectivity index (χ1) is 7.65. The third-order valence-electron chi connectivity index (χ3n) is 3.71. The van der Waals surface area contributed by atoms with Crippen molar-refractivity contribution < 1.29 is 24.4 Å². The first-order valence-corrected chi connectivity index (χ1v) is 6.05. The highest BCUT2D eigenvalue weighted by Gasteiger charge is 2.62. The first-order valence-electron chi connectivity index (χ1n) is 6.05. The van der Waals surface area contributed by atoms with Gasteiger partial charge in [0.2, 0.25) is 0 Å². The van der Waals surface area contributed by atoms with Crippen LogP contribution >= 0.6 is 0 Å². The van der Waals surface area contributed by atoms with Gasteiger partial charge in [0.25, 0.3) is 5.97 Å². The molecule has 4 rings (SSSR count). The molecule has 2 unspecified atom stereocenters. The molecule has 3 aliphatic heterocycles. The van der Waals surface area contributed by atoms with Crippen molar-refractivity contribution in [1.82, 2.24) is 0 Å². The van der Waals surface area contributed by atoms with E-state index in [0.717, 1.165) is 12.8 Å². The van der Waals surface area contributed by atoms with Crippen LogP contribution < -0.4 is 0 Å². The van der Waals surface area contributed by atoms with E-state index in [2.05, 4.69) is 6.92 Å². The average Bonchev–Trinajstić information content (AvgIpc) is 2.29. The minimum absolute atomic E-state index is 0.252. The molecule has 3 saturated heterocycles. The lowest BCUT2D eigenvalue weighted by Gasteiger charge is -2.58. The number of ether oxygens (including phenoxy) is 3. The van der Waals surface area contributed by atoms with Crippen molar-refractivity contribution in [3.05, 3.63) is 0 Å². The van der Waals surface area contributed by atoms with E-state index in [1.54, 1.807) is 0 Å². The maximum Gasteiger partial charge on any atom is 0.284 e. The van der Waals surface area contributed by atoms with Gasteiger partial charge >= 0.3 is 0 Å². The predicted octanol–water partition coefficient (Wildman–Crippen LogP) is 0.139. The fourth-order valence-corrected chi connectivity index (χ4v) is 2.83. The first kappa shape index (κ1) is 10.9. The molecule has 4 aliphatic rings. The quantitative estimate of drug-likeness (QED) is 0.721. The second-order valence-electron chi connectivity index (χ2n) is 4.90. The molecule has 0 spiro atoms. The fourth-order valence-electron chi connectivity index (χ4n) is 2.83. The fraction of sp³-hybridized carbons (Fsp3) is 1.00. The SMILES string of the molecule is CCCCC12OC3[C@H](O)[C@H](C[C@@H](O1)[C@H]3O)O2. The minimum Gasteiger partial charge on any atom is -0.388 e. The number of aliphatic hydroxyl groups is 2. The molecule has 5 heteroatoms. The van der Waals surface area contributed by atoms with Crippen LogP contribution in [-0.2, 0) is 14.2 Å². The molecule has 0 aromatic carbocycles. The highest BCUT2D eigenvalue weighted by molar-refractivity contribution is 5.02. The van der Waals surface area contributed by atoms with Crippen LogP contribution in [0.15, 0.2) is 0 Å². The van der Waals surface area contributed by atoms with E-state index in [0.29, 0.717) is 12.8 Å². The summed E-state index contributed by atoms with van der Waals surface area (Å²) in [5, 5.41) is 19.7. The van der Waals surface area contributed by atoms with Crippen LogP contribution in [-0.4, -0.2) is 46.7 Å². The minimum atomic E-state index is -1.01.